The van der Waals surface area contributed by atoms with Crippen molar-refractivity contribution in [2.24, 2.45) is 41.4 Å². The molecule has 1 rings (SSSR count). The first-order chi connectivity index (χ1) is 8.25. The number of hydrogen-bond donors (Lipinski definition) is 0. The van der Waals surface area contributed by atoms with Gasteiger partial charge < -0.3 is 0 Å². The fourth-order valence-corrected chi connectivity index (χ4v) is 3.21. The van der Waals surface area contributed by atoms with E-state index in [1.165, 1.54) is 18.4 Å². The normalized spacial score (nSPS) is 28.3. The average molecular weight is 250 g/mol. The van der Waals surface area contributed by atoms with Crippen LogP contribution in [0.3, 0.4) is 0 Å². The van der Waals surface area contributed by atoms with Crippen LogP contribution in [0.2, 0.25) is 0 Å². The van der Waals surface area contributed by atoms with E-state index < -0.39 is 0 Å². The summed E-state index contributed by atoms with van der Waals surface area (Å²) in [5.74, 6) is 5.88. The van der Waals surface area contributed by atoms with Crippen LogP contribution in [-0.4, -0.2) is 0 Å². The molecule has 0 heteroatoms. The molecule has 0 saturated heterocycles. The molecule has 1 aliphatic carbocycles. The predicted octanol–water partition coefficient (Wildman–Crippen LogP) is 5.79. The van der Waals surface area contributed by atoms with Crippen molar-refractivity contribution in [2.45, 2.75) is 61.3 Å². The Morgan fingerprint density at radius 2 is 1.56 bits per heavy atom. The van der Waals surface area contributed by atoms with E-state index in [2.05, 4.69) is 55.0 Å². The Balaban J connectivity index is 2.70. The second kappa shape index (κ2) is 6.26. The average Bonchev–Trinajstić information content (AvgIpc) is 3.00. The highest BCUT2D eigenvalue weighted by Crippen LogP contribution is 2.51. The summed E-state index contributed by atoms with van der Waals surface area (Å²) in [7, 11) is 0. The minimum Gasteiger partial charge on any atom is -0.0996 e. The summed E-state index contributed by atoms with van der Waals surface area (Å²) in [6.45, 7) is 21.0. The van der Waals surface area contributed by atoms with E-state index in [0.29, 0.717) is 5.92 Å². The molecule has 5 atom stereocenters. The molecule has 1 saturated carbocycles. The first kappa shape index (κ1) is 15.8. The highest BCUT2D eigenvalue weighted by Gasteiger charge is 2.43. The van der Waals surface area contributed by atoms with Gasteiger partial charge >= 0.3 is 0 Å². The zero-order valence-corrected chi connectivity index (χ0v) is 13.7. The molecule has 0 aromatic rings. The molecule has 0 spiro atoms. The molecule has 0 N–H and O–H groups in total. The third kappa shape index (κ3) is 3.87. The minimum absolute atomic E-state index is 0.642. The van der Waals surface area contributed by atoms with Crippen LogP contribution in [0.15, 0.2) is 12.2 Å². The summed E-state index contributed by atoms with van der Waals surface area (Å²) >= 11 is 0. The van der Waals surface area contributed by atoms with E-state index >= 15 is 0 Å². The Labute approximate surface area is 115 Å². The van der Waals surface area contributed by atoms with Gasteiger partial charge in [0.25, 0.3) is 0 Å². The summed E-state index contributed by atoms with van der Waals surface area (Å²) < 4.78 is 0. The van der Waals surface area contributed by atoms with Crippen LogP contribution in [0.25, 0.3) is 0 Å². The van der Waals surface area contributed by atoms with Crippen LogP contribution in [-0.2, 0) is 0 Å². The van der Waals surface area contributed by atoms with Crippen molar-refractivity contribution >= 4 is 0 Å². The third-order valence-electron chi connectivity index (χ3n) is 5.59. The molecular formula is C18H34. The van der Waals surface area contributed by atoms with Gasteiger partial charge in [0.15, 0.2) is 0 Å². The summed E-state index contributed by atoms with van der Waals surface area (Å²) in [6, 6.07) is 0. The van der Waals surface area contributed by atoms with Crippen molar-refractivity contribution in [3.63, 3.8) is 0 Å². The lowest BCUT2D eigenvalue weighted by Crippen LogP contribution is -2.25. The lowest BCUT2D eigenvalue weighted by molar-refractivity contribution is 0.184. The quantitative estimate of drug-likeness (QED) is 0.502. The van der Waals surface area contributed by atoms with Crippen LogP contribution in [0, 0.1) is 41.4 Å². The van der Waals surface area contributed by atoms with Crippen LogP contribution in [0.4, 0.5) is 0 Å². The number of hydrogen-bond acceptors (Lipinski definition) is 0. The molecule has 0 aromatic heterocycles. The predicted molar refractivity (Wildman–Crippen MR) is 82.5 cm³/mol. The molecule has 0 aromatic carbocycles. The second-order valence-corrected chi connectivity index (χ2v) is 7.52. The zero-order valence-electron chi connectivity index (χ0n) is 13.7. The van der Waals surface area contributed by atoms with Crippen LogP contribution in [0.5, 0.6) is 0 Å². The SMILES string of the molecule is C=C(CC(C(C)C(C)C(C)C)C1CC1C)C(C)C. The van der Waals surface area contributed by atoms with Crippen molar-refractivity contribution in [1.82, 2.24) is 0 Å². The smallest absolute Gasteiger partial charge is 0.0263 e. The third-order valence-corrected chi connectivity index (χ3v) is 5.59. The minimum atomic E-state index is 0.642. The highest BCUT2D eigenvalue weighted by atomic mass is 14.5. The van der Waals surface area contributed by atoms with Crippen LogP contribution >= 0.6 is 0 Å². The standard InChI is InChI=1S/C18H34/c1-11(2)13(5)9-18(17-10-14(17)6)16(8)15(7)12(3)4/h11-12,14-18H,5,9-10H2,1-4,6-8H3. The van der Waals surface area contributed by atoms with E-state index in [4.69, 9.17) is 0 Å². The van der Waals surface area contributed by atoms with E-state index in [1.807, 2.05) is 0 Å². The van der Waals surface area contributed by atoms with Crippen LogP contribution < -0.4 is 0 Å². The van der Waals surface area contributed by atoms with E-state index in [9.17, 15) is 0 Å². The van der Waals surface area contributed by atoms with E-state index in [0.717, 1.165) is 35.5 Å². The highest BCUT2D eigenvalue weighted by molar-refractivity contribution is 5.04. The van der Waals surface area contributed by atoms with Crippen molar-refractivity contribution in [1.29, 1.82) is 0 Å². The van der Waals surface area contributed by atoms with E-state index in [1.54, 1.807) is 0 Å². The maximum absolute atomic E-state index is 4.32. The number of allylic oxidation sites excluding steroid dienone is 1. The lowest BCUT2D eigenvalue weighted by Gasteiger charge is -2.33. The first-order valence-electron chi connectivity index (χ1n) is 7.93. The van der Waals surface area contributed by atoms with Gasteiger partial charge in [-0.05, 0) is 54.3 Å². The van der Waals surface area contributed by atoms with Crippen molar-refractivity contribution in [3.05, 3.63) is 12.2 Å². The van der Waals surface area contributed by atoms with Gasteiger partial charge in [0, 0.05) is 0 Å². The molecule has 0 bridgehead atoms. The van der Waals surface area contributed by atoms with Crippen molar-refractivity contribution in [3.8, 4) is 0 Å². The lowest BCUT2D eigenvalue weighted by atomic mass is 9.73. The van der Waals surface area contributed by atoms with Gasteiger partial charge in [-0.3, -0.25) is 0 Å². The Morgan fingerprint density at radius 3 is 1.89 bits per heavy atom. The van der Waals surface area contributed by atoms with Gasteiger partial charge in [0.05, 0.1) is 0 Å². The van der Waals surface area contributed by atoms with Crippen LogP contribution in [0.1, 0.15) is 61.3 Å². The Hall–Kier alpha value is -0.260. The molecule has 0 radical (unpaired) electrons. The number of rotatable bonds is 7. The Morgan fingerprint density at radius 1 is 1.06 bits per heavy atom. The van der Waals surface area contributed by atoms with Gasteiger partial charge in [-0.1, -0.05) is 60.6 Å². The molecule has 0 amide bonds. The van der Waals surface area contributed by atoms with Crippen molar-refractivity contribution < 1.29 is 0 Å². The molecule has 0 heterocycles. The molecule has 1 fully saturated rings. The molecule has 0 nitrogen and oxygen atoms in total. The summed E-state index contributed by atoms with van der Waals surface area (Å²) in [4.78, 5) is 0. The summed E-state index contributed by atoms with van der Waals surface area (Å²) in [5.41, 5.74) is 1.46. The van der Waals surface area contributed by atoms with E-state index in [-0.39, 0.29) is 0 Å². The largest absolute Gasteiger partial charge is 0.0996 e. The van der Waals surface area contributed by atoms with Crippen molar-refractivity contribution in [2.75, 3.05) is 0 Å². The Kier molecular flexibility index (Phi) is 5.49. The molecule has 106 valence electrons. The fourth-order valence-electron chi connectivity index (χ4n) is 3.21. The zero-order chi connectivity index (χ0) is 14.0. The van der Waals surface area contributed by atoms with Gasteiger partial charge in [-0.25, -0.2) is 0 Å². The fraction of sp³-hybridized carbons (Fsp3) is 0.889. The summed E-state index contributed by atoms with van der Waals surface area (Å²) in [6.07, 6.45) is 2.70. The molecule has 5 unspecified atom stereocenters. The van der Waals surface area contributed by atoms with Gasteiger partial charge in [0.1, 0.15) is 0 Å². The monoisotopic (exact) mass is 250 g/mol. The molecule has 0 aliphatic heterocycles. The molecule has 1 aliphatic rings. The van der Waals surface area contributed by atoms with Gasteiger partial charge in [-0.15, -0.1) is 0 Å². The van der Waals surface area contributed by atoms with Gasteiger partial charge in [-0.2, -0.15) is 0 Å². The molecule has 18 heavy (non-hydrogen) atoms. The topological polar surface area (TPSA) is 0 Å². The summed E-state index contributed by atoms with van der Waals surface area (Å²) in [5, 5.41) is 0. The maximum Gasteiger partial charge on any atom is -0.0263 e. The molecular weight excluding hydrogens is 216 g/mol. The first-order valence-corrected chi connectivity index (χ1v) is 7.93. The maximum atomic E-state index is 4.32. The van der Waals surface area contributed by atoms with Gasteiger partial charge in [0.2, 0.25) is 0 Å². The Bertz CT molecular complexity index is 274. The second-order valence-electron chi connectivity index (χ2n) is 7.52.